The van der Waals surface area contributed by atoms with Crippen LogP contribution in [-0.2, 0) is 6.54 Å². The molecule has 0 aliphatic carbocycles. The summed E-state index contributed by atoms with van der Waals surface area (Å²) in [6.07, 6.45) is 4.93. The number of rotatable bonds is 5. The Morgan fingerprint density at radius 2 is 2.10 bits per heavy atom. The van der Waals surface area contributed by atoms with Crippen molar-refractivity contribution in [1.29, 1.82) is 0 Å². The molecule has 2 aromatic heterocycles. The number of H-pyrrole nitrogens is 1. The van der Waals surface area contributed by atoms with E-state index in [1.165, 1.54) is 0 Å². The van der Waals surface area contributed by atoms with E-state index in [0.29, 0.717) is 36.8 Å². The molecule has 150 valence electrons. The van der Waals surface area contributed by atoms with Crippen molar-refractivity contribution in [3.8, 4) is 11.8 Å². The zero-order chi connectivity index (χ0) is 20.2. The summed E-state index contributed by atoms with van der Waals surface area (Å²) in [6.45, 7) is 3.66. The van der Waals surface area contributed by atoms with Gasteiger partial charge in [-0.25, -0.2) is 19.9 Å². The number of carbonyl (C=O) groups excluding carboxylic acids is 1. The number of benzene rings is 1. The molecule has 4 rings (SSSR count). The van der Waals surface area contributed by atoms with Crippen LogP contribution in [0.3, 0.4) is 0 Å². The van der Waals surface area contributed by atoms with Gasteiger partial charge in [0.25, 0.3) is 5.91 Å². The van der Waals surface area contributed by atoms with Crippen LogP contribution >= 0.6 is 0 Å². The van der Waals surface area contributed by atoms with Crippen molar-refractivity contribution >= 4 is 5.91 Å². The topological polar surface area (TPSA) is 106 Å². The first-order chi connectivity index (χ1) is 14.2. The van der Waals surface area contributed by atoms with E-state index in [2.05, 4.69) is 20.2 Å². The quantitative estimate of drug-likeness (QED) is 0.711. The SMILES string of the molecule is CCn1c([C@@H]2CCCN(C(=O)c3cccc(Oc4ncccn4)c3)C2)n[nH]c1=O. The maximum atomic E-state index is 13.1. The predicted molar refractivity (Wildman–Crippen MR) is 105 cm³/mol. The Morgan fingerprint density at radius 1 is 1.28 bits per heavy atom. The molecule has 0 unspecified atom stereocenters. The molecule has 0 spiro atoms. The smallest absolute Gasteiger partial charge is 0.343 e. The molecular weight excluding hydrogens is 372 g/mol. The number of nitrogens with zero attached hydrogens (tertiary/aromatic N) is 5. The lowest BCUT2D eigenvalue weighted by molar-refractivity contribution is 0.0703. The Labute approximate surface area is 167 Å². The molecule has 1 aliphatic rings. The monoisotopic (exact) mass is 394 g/mol. The molecule has 9 heteroatoms. The third-order valence-corrected chi connectivity index (χ3v) is 5.01. The highest BCUT2D eigenvalue weighted by atomic mass is 16.5. The average Bonchev–Trinajstić information content (AvgIpc) is 3.14. The second kappa shape index (κ2) is 8.26. The molecule has 1 fully saturated rings. The zero-order valence-corrected chi connectivity index (χ0v) is 16.1. The molecule has 1 aromatic carbocycles. The van der Waals surface area contributed by atoms with Crippen LogP contribution in [0.15, 0.2) is 47.5 Å². The number of amides is 1. The molecule has 9 nitrogen and oxygen atoms in total. The predicted octanol–water partition coefficient (Wildman–Crippen LogP) is 2.19. The molecule has 0 bridgehead atoms. The molecule has 3 heterocycles. The van der Waals surface area contributed by atoms with Crippen molar-refractivity contribution in [1.82, 2.24) is 29.6 Å². The third kappa shape index (κ3) is 4.03. The van der Waals surface area contributed by atoms with Crippen molar-refractivity contribution in [2.24, 2.45) is 0 Å². The van der Waals surface area contributed by atoms with Gasteiger partial charge in [-0.05, 0) is 44.0 Å². The maximum absolute atomic E-state index is 13.1. The summed E-state index contributed by atoms with van der Waals surface area (Å²) in [5.74, 6) is 1.18. The van der Waals surface area contributed by atoms with Crippen LogP contribution in [0, 0.1) is 0 Å². The van der Waals surface area contributed by atoms with Gasteiger partial charge in [0, 0.05) is 43.5 Å². The summed E-state index contributed by atoms with van der Waals surface area (Å²) >= 11 is 0. The van der Waals surface area contributed by atoms with Gasteiger partial charge in [-0.15, -0.1) is 0 Å². The fourth-order valence-corrected chi connectivity index (χ4v) is 3.64. The molecule has 29 heavy (non-hydrogen) atoms. The molecule has 1 N–H and O–H groups in total. The largest absolute Gasteiger partial charge is 0.424 e. The lowest BCUT2D eigenvalue weighted by atomic mass is 9.96. The fraction of sp³-hybridized carbons (Fsp3) is 0.350. The summed E-state index contributed by atoms with van der Waals surface area (Å²) in [4.78, 5) is 34.8. The standard InChI is InChI=1S/C20H22N6O3/c1-2-26-17(23-24-20(26)28)15-7-4-11-25(13-15)18(27)14-6-3-8-16(12-14)29-19-21-9-5-10-22-19/h3,5-6,8-10,12,15H,2,4,7,11,13H2,1H3,(H,24,28)/t15-/m1/s1. The van der Waals surface area contributed by atoms with E-state index in [1.807, 2.05) is 11.8 Å². The van der Waals surface area contributed by atoms with Crippen molar-refractivity contribution in [3.05, 3.63) is 64.6 Å². The van der Waals surface area contributed by atoms with Gasteiger partial charge in [0.05, 0.1) is 0 Å². The first-order valence-electron chi connectivity index (χ1n) is 9.65. The summed E-state index contributed by atoms with van der Waals surface area (Å²) in [5.41, 5.74) is 0.327. The van der Waals surface area contributed by atoms with Crippen LogP contribution in [0.1, 0.15) is 41.9 Å². The maximum Gasteiger partial charge on any atom is 0.343 e. The van der Waals surface area contributed by atoms with Gasteiger partial charge in [0.1, 0.15) is 11.6 Å². The lowest BCUT2D eigenvalue weighted by Gasteiger charge is -2.32. The van der Waals surface area contributed by atoms with Crippen LogP contribution in [0.2, 0.25) is 0 Å². The molecular formula is C20H22N6O3. The van der Waals surface area contributed by atoms with Crippen LogP contribution < -0.4 is 10.4 Å². The van der Waals surface area contributed by atoms with Gasteiger partial charge in [0.2, 0.25) is 0 Å². The average molecular weight is 394 g/mol. The Bertz CT molecular complexity index is 1050. The number of aromatic amines is 1. The highest BCUT2D eigenvalue weighted by Gasteiger charge is 2.29. The van der Waals surface area contributed by atoms with Crippen molar-refractivity contribution < 1.29 is 9.53 Å². The molecule has 1 amide bonds. The van der Waals surface area contributed by atoms with Crippen molar-refractivity contribution in [3.63, 3.8) is 0 Å². The number of likely N-dealkylation sites (tertiary alicyclic amines) is 1. The summed E-state index contributed by atoms with van der Waals surface area (Å²) in [5, 5.41) is 6.71. The molecule has 1 atom stereocenters. The molecule has 0 saturated carbocycles. The minimum Gasteiger partial charge on any atom is -0.424 e. The third-order valence-electron chi connectivity index (χ3n) is 5.01. The number of nitrogens with one attached hydrogen (secondary N) is 1. The number of carbonyl (C=O) groups is 1. The molecule has 3 aromatic rings. The van der Waals surface area contributed by atoms with E-state index in [-0.39, 0.29) is 23.5 Å². The van der Waals surface area contributed by atoms with E-state index < -0.39 is 0 Å². The van der Waals surface area contributed by atoms with Crippen LogP contribution in [0.25, 0.3) is 0 Å². The van der Waals surface area contributed by atoms with E-state index >= 15 is 0 Å². The number of ether oxygens (including phenoxy) is 1. The van der Waals surface area contributed by atoms with Crippen molar-refractivity contribution in [2.45, 2.75) is 32.2 Å². The summed E-state index contributed by atoms with van der Waals surface area (Å²) in [7, 11) is 0. The van der Waals surface area contributed by atoms with Gasteiger partial charge in [-0.3, -0.25) is 9.36 Å². The summed E-state index contributed by atoms with van der Waals surface area (Å²) in [6, 6.07) is 8.92. The van der Waals surface area contributed by atoms with E-state index in [9.17, 15) is 9.59 Å². The Hall–Kier alpha value is -3.49. The minimum atomic E-state index is -0.209. The van der Waals surface area contributed by atoms with Gasteiger partial charge in [0.15, 0.2) is 0 Å². The zero-order valence-electron chi connectivity index (χ0n) is 16.1. The second-order valence-corrected chi connectivity index (χ2v) is 6.88. The highest BCUT2D eigenvalue weighted by molar-refractivity contribution is 5.94. The fourth-order valence-electron chi connectivity index (χ4n) is 3.64. The number of hydrogen-bond acceptors (Lipinski definition) is 6. The Balaban J connectivity index is 1.50. The molecule has 1 aliphatic heterocycles. The number of aromatic nitrogens is 5. The number of piperidine rings is 1. The molecule has 0 radical (unpaired) electrons. The second-order valence-electron chi connectivity index (χ2n) is 6.88. The van der Waals surface area contributed by atoms with E-state index in [1.54, 1.807) is 47.3 Å². The van der Waals surface area contributed by atoms with Gasteiger partial charge in [-0.1, -0.05) is 6.07 Å². The van der Waals surface area contributed by atoms with Crippen molar-refractivity contribution in [2.75, 3.05) is 13.1 Å². The minimum absolute atomic E-state index is 0.0313. The lowest BCUT2D eigenvalue weighted by Crippen LogP contribution is -2.40. The van der Waals surface area contributed by atoms with Gasteiger partial charge in [-0.2, -0.15) is 5.10 Å². The van der Waals surface area contributed by atoms with E-state index in [0.717, 1.165) is 12.8 Å². The Morgan fingerprint density at radius 3 is 2.90 bits per heavy atom. The first kappa shape index (κ1) is 18.9. The van der Waals surface area contributed by atoms with Crippen LogP contribution in [0.5, 0.6) is 11.8 Å². The Kier molecular flexibility index (Phi) is 5.37. The summed E-state index contributed by atoms with van der Waals surface area (Å²) < 4.78 is 7.27. The highest BCUT2D eigenvalue weighted by Crippen LogP contribution is 2.27. The normalized spacial score (nSPS) is 16.6. The first-order valence-corrected chi connectivity index (χ1v) is 9.65. The number of hydrogen-bond donors (Lipinski definition) is 1. The van der Waals surface area contributed by atoms with Crippen LogP contribution in [0.4, 0.5) is 0 Å². The van der Waals surface area contributed by atoms with Crippen LogP contribution in [-0.4, -0.2) is 48.6 Å². The van der Waals surface area contributed by atoms with Gasteiger partial charge >= 0.3 is 11.7 Å². The van der Waals surface area contributed by atoms with E-state index in [4.69, 9.17) is 4.74 Å². The molecule has 1 saturated heterocycles. The van der Waals surface area contributed by atoms with Gasteiger partial charge < -0.3 is 9.64 Å².